The highest BCUT2D eigenvalue weighted by Gasteiger charge is 2.45. The van der Waals surface area contributed by atoms with Gasteiger partial charge in [0.15, 0.2) is 0 Å². The van der Waals surface area contributed by atoms with Gasteiger partial charge in [-0.2, -0.15) is 0 Å². The van der Waals surface area contributed by atoms with Crippen LogP contribution in [0, 0.1) is 0 Å². The van der Waals surface area contributed by atoms with Gasteiger partial charge >= 0.3 is 0 Å². The van der Waals surface area contributed by atoms with Crippen LogP contribution < -0.4 is 0 Å². The van der Waals surface area contributed by atoms with Crippen molar-refractivity contribution in [3.8, 4) is 0 Å². The molecule has 2 fully saturated rings. The number of carbonyl (C=O) groups is 2. The number of hydrogen-bond acceptors (Lipinski definition) is 3. The smallest absolute Gasteiger partial charge is 0.253 e. The summed E-state index contributed by atoms with van der Waals surface area (Å²) in [6.45, 7) is 5.72. The van der Waals surface area contributed by atoms with Gasteiger partial charge in [-0.05, 0) is 49.9 Å². The fraction of sp³-hybridized carbons (Fsp3) is 0.409. The van der Waals surface area contributed by atoms with Crippen LogP contribution in [0.25, 0.3) is 10.9 Å². The minimum atomic E-state index is -0.240. The number of pyridine rings is 1. The highest BCUT2D eigenvalue weighted by atomic mass is 16.2. The largest absolute Gasteiger partial charge is 0.336 e. The molecular weight excluding hydrogens is 338 g/mol. The van der Waals surface area contributed by atoms with Crippen LogP contribution in [0.3, 0.4) is 0 Å². The van der Waals surface area contributed by atoms with Gasteiger partial charge in [-0.3, -0.25) is 14.6 Å². The third-order valence-electron chi connectivity index (χ3n) is 5.91. The fourth-order valence-electron chi connectivity index (χ4n) is 4.63. The van der Waals surface area contributed by atoms with Crippen molar-refractivity contribution in [1.82, 2.24) is 14.8 Å². The van der Waals surface area contributed by atoms with E-state index >= 15 is 0 Å². The molecule has 1 aromatic carbocycles. The summed E-state index contributed by atoms with van der Waals surface area (Å²) in [5.74, 6) is 0.226. The van der Waals surface area contributed by atoms with Crippen LogP contribution in [0.1, 0.15) is 42.5 Å². The normalized spacial score (nSPS) is 23.0. The first-order valence-electron chi connectivity index (χ1n) is 9.68. The molecule has 5 heteroatoms. The van der Waals surface area contributed by atoms with E-state index in [2.05, 4.69) is 11.6 Å². The molecule has 0 saturated carbocycles. The lowest BCUT2D eigenvalue weighted by molar-refractivity contribution is -0.143. The van der Waals surface area contributed by atoms with Crippen molar-refractivity contribution in [2.45, 2.75) is 37.6 Å². The molecule has 27 heavy (non-hydrogen) atoms. The number of fused-ring (bicyclic) bond motifs is 1. The first-order valence-corrected chi connectivity index (χ1v) is 9.68. The van der Waals surface area contributed by atoms with E-state index in [9.17, 15) is 9.59 Å². The third kappa shape index (κ3) is 3.22. The summed E-state index contributed by atoms with van der Waals surface area (Å²) in [7, 11) is 0. The molecule has 3 heterocycles. The van der Waals surface area contributed by atoms with Gasteiger partial charge in [-0.1, -0.05) is 12.1 Å². The van der Waals surface area contributed by atoms with E-state index in [4.69, 9.17) is 0 Å². The van der Waals surface area contributed by atoms with Gasteiger partial charge in [-0.25, -0.2) is 0 Å². The lowest BCUT2D eigenvalue weighted by Gasteiger charge is -2.52. The highest BCUT2D eigenvalue weighted by Crippen LogP contribution is 2.37. The molecule has 0 unspecified atom stereocenters. The topological polar surface area (TPSA) is 53.5 Å². The maximum absolute atomic E-state index is 13.2. The molecule has 5 nitrogen and oxygen atoms in total. The Balaban J connectivity index is 1.60. The van der Waals surface area contributed by atoms with Crippen LogP contribution >= 0.6 is 0 Å². The van der Waals surface area contributed by atoms with Crippen LogP contribution in [0.2, 0.25) is 0 Å². The molecule has 0 N–H and O–H groups in total. The van der Waals surface area contributed by atoms with E-state index in [0.717, 1.165) is 43.1 Å². The van der Waals surface area contributed by atoms with Crippen molar-refractivity contribution in [2.24, 2.45) is 0 Å². The minimum absolute atomic E-state index is 0.0383. The Bertz CT molecular complexity index is 890. The second-order valence-electron chi connectivity index (χ2n) is 7.61. The zero-order valence-electron chi connectivity index (χ0n) is 15.6. The van der Waals surface area contributed by atoms with Crippen LogP contribution in [-0.4, -0.2) is 51.8 Å². The second-order valence-corrected chi connectivity index (χ2v) is 7.61. The SMILES string of the molecule is C=CCN1C(=O)CCC[C@@]12CCCN(C(=O)c1ccc3ncccc3c1)C2. The zero-order valence-corrected chi connectivity index (χ0v) is 15.6. The third-order valence-corrected chi connectivity index (χ3v) is 5.91. The Kier molecular flexibility index (Phi) is 4.68. The van der Waals surface area contributed by atoms with Crippen LogP contribution in [0.4, 0.5) is 0 Å². The molecule has 2 aromatic rings. The monoisotopic (exact) mass is 363 g/mol. The van der Waals surface area contributed by atoms with Crippen molar-refractivity contribution in [3.63, 3.8) is 0 Å². The summed E-state index contributed by atoms with van der Waals surface area (Å²) in [4.78, 5) is 33.9. The first-order chi connectivity index (χ1) is 13.1. The number of nitrogens with zero attached hydrogens (tertiary/aromatic N) is 3. The van der Waals surface area contributed by atoms with E-state index < -0.39 is 0 Å². The highest BCUT2D eigenvalue weighted by molar-refractivity contribution is 5.98. The Labute approximate surface area is 159 Å². The summed E-state index contributed by atoms with van der Waals surface area (Å²) in [5, 5.41) is 0.969. The van der Waals surface area contributed by atoms with Gasteiger partial charge in [0, 0.05) is 43.2 Å². The number of rotatable bonds is 3. The minimum Gasteiger partial charge on any atom is -0.336 e. The molecule has 2 saturated heterocycles. The van der Waals surface area contributed by atoms with E-state index in [1.807, 2.05) is 40.1 Å². The summed E-state index contributed by atoms with van der Waals surface area (Å²) in [5.41, 5.74) is 1.33. The van der Waals surface area contributed by atoms with Crippen LogP contribution in [0.15, 0.2) is 49.2 Å². The van der Waals surface area contributed by atoms with Gasteiger partial charge < -0.3 is 9.80 Å². The second kappa shape index (κ2) is 7.14. The molecule has 2 amide bonds. The van der Waals surface area contributed by atoms with E-state index in [-0.39, 0.29) is 17.4 Å². The van der Waals surface area contributed by atoms with E-state index in [0.29, 0.717) is 25.1 Å². The zero-order chi connectivity index (χ0) is 18.9. The average Bonchev–Trinajstić information content (AvgIpc) is 2.70. The molecule has 2 aliphatic heterocycles. The first kappa shape index (κ1) is 17.7. The Hall–Kier alpha value is -2.69. The standard InChI is InChI=1S/C22H25N3O2/c1-2-13-25-20(26)7-3-10-22(25)11-5-14-24(16-22)21(27)18-8-9-19-17(15-18)6-4-12-23-19/h2,4,6,8-9,12,15H,1,3,5,7,10-11,13-14,16H2/t22-/m0/s1. The molecule has 0 radical (unpaired) electrons. The van der Waals surface area contributed by atoms with E-state index in [1.54, 1.807) is 12.3 Å². The molecule has 1 atom stereocenters. The van der Waals surface area contributed by atoms with Crippen molar-refractivity contribution in [3.05, 3.63) is 54.7 Å². The van der Waals surface area contributed by atoms with Gasteiger partial charge in [0.2, 0.25) is 5.91 Å². The molecule has 4 rings (SSSR count). The van der Waals surface area contributed by atoms with Crippen molar-refractivity contribution < 1.29 is 9.59 Å². The number of piperidine rings is 2. The summed E-state index contributed by atoms with van der Waals surface area (Å²) >= 11 is 0. The number of likely N-dealkylation sites (tertiary alicyclic amines) is 2. The Morgan fingerprint density at radius 3 is 2.96 bits per heavy atom. The molecule has 0 aliphatic carbocycles. The maximum atomic E-state index is 13.2. The molecule has 140 valence electrons. The van der Waals surface area contributed by atoms with Gasteiger partial charge in [0.05, 0.1) is 11.1 Å². The summed E-state index contributed by atoms with van der Waals surface area (Å²) in [6, 6.07) is 9.53. The predicted molar refractivity (Wildman–Crippen MR) is 105 cm³/mol. The van der Waals surface area contributed by atoms with Crippen molar-refractivity contribution >= 4 is 22.7 Å². The lowest BCUT2D eigenvalue weighted by Crippen LogP contribution is -2.63. The number of hydrogen-bond donors (Lipinski definition) is 0. The molecular formula is C22H25N3O2. The molecule has 1 aromatic heterocycles. The number of amides is 2. The van der Waals surface area contributed by atoms with Gasteiger partial charge in [0.1, 0.15) is 0 Å². The Morgan fingerprint density at radius 1 is 1.26 bits per heavy atom. The van der Waals surface area contributed by atoms with Gasteiger partial charge in [0.25, 0.3) is 5.91 Å². The van der Waals surface area contributed by atoms with Crippen LogP contribution in [-0.2, 0) is 4.79 Å². The van der Waals surface area contributed by atoms with Crippen LogP contribution in [0.5, 0.6) is 0 Å². The van der Waals surface area contributed by atoms with Crippen molar-refractivity contribution in [2.75, 3.05) is 19.6 Å². The lowest BCUT2D eigenvalue weighted by atomic mass is 9.79. The van der Waals surface area contributed by atoms with Gasteiger partial charge in [-0.15, -0.1) is 6.58 Å². The number of carbonyl (C=O) groups excluding carboxylic acids is 2. The number of aromatic nitrogens is 1. The predicted octanol–water partition coefficient (Wildman–Crippen LogP) is 3.41. The quantitative estimate of drug-likeness (QED) is 0.786. The summed E-state index contributed by atoms with van der Waals surface area (Å²) < 4.78 is 0. The molecule has 0 bridgehead atoms. The molecule has 2 aliphatic rings. The summed E-state index contributed by atoms with van der Waals surface area (Å²) in [6.07, 6.45) is 7.88. The Morgan fingerprint density at radius 2 is 2.11 bits per heavy atom. The fourth-order valence-corrected chi connectivity index (χ4v) is 4.63. The maximum Gasteiger partial charge on any atom is 0.253 e. The average molecular weight is 363 g/mol. The molecule has 1 spiro atoms. The van der Waals surface area contributed by atoms with Crippen molar-refractivity contribution in [1.29, 1.82) is 0 Å². The van der Waals surface area contributed by atoms with E-state index in [1.165, 1.54) is 0 Å². The number of benzene rings is 1.